The minimum atomic E-state index is -0.916. The van der Waals surface area contributed by atoms with Crippen molar-refractivity contribution in [3.8, 4) is 0 Å². The third-order valence-corrected chi connectivity index (χ3v) is 2.77. The molecule has 0 aromatic heterocycles. The van der Waals surface area contributed by atoms with Crippen LogP contribution in [-0.2, 0) is 14.3 Å². The van der Waals surface area contributed by atoms with Crippen molar-refractivity contribution in [2.75, 3.05) is 6.61 Å². The first-order chi connectivity index (χ1) is 7.32. The second-order valence-corrected chi connectivity index (χ2v) is 4.91. The van der Waals surface area contributed by atoms with E-state index in [1.165, 1.54) is 0 Å². The summed E-state index contributed by atoms with van der Waals surface area (Å²) in [6.45, 7) is 5.87. The van der Waals surface area contributed by atoms with E-state index < -0.39 is 11.5 Å². The number of aliphatic carboxylic acids is 1. The van der Waals surface area contributed by atoms with Crippen molar-refractivity contribution in [1.82, 2.24) is 5.32 Å². The number of carboxylic acids is 1. The second-order valence-electron chi connectivity index (χ2n) is 4.91. The third-order valence-electron chi connectivity index (χ3n) is 2.77. The molecule has 2 unspecified atom stereocenters. The Kier molecular flexibility index (Phi) is 3.91. The fourth-order valence-corrected chi connectivity index (χ4v) is 1.92. The molecule has 1 heterocycles. The summed E-state index contributed by atoms with van der Waals surface area (Å²) in [4.78, 5) is 22.5. The molecular formula is C11H19NO4. The number of amides is 1. The number of rotatable bonds is 4. The Morgan fingerprint density at radius 1 is 1.50 bits per heavy atom. The van der Waals surface area contributed by atoms with Gasteiger partial charge in [0.25, 0.3) is 0 Å². The van der Waals surface area contributed by atoms with E-state index in [2.05, 4.69) is 5.32 Å². The molecular weight excluding hydrogens is 210 g/mol. The molecule has 1 aliphatic heterocycles. The van der Waals surface area contributed by atoms with Crippen LogP contribution in [0.25, 0.3) is 0 Å². The van der Waals surface area contributed by atoms with Crippen LogP contribution in [0.5, 0.6) is 0 Å². The fourth-order valence-electron chi connectivity index (χ4n) is 1.92. The topological polar surface area (TPSA) is 75.6 Å². The summed E-state index contributed by atoms with van der Waals surface area (Å²) in [7, 11) is 0. The largest absolute Gasteiger partial charge is 0.481 e. The van der Waals surface area contributed by atoms with Crippen LogP contribution in [0.2, 0.25) is 0 Å². The molecule has 1 amide bonds. The lowest BCUT2D eigenvalue weighted by Crippen LogP contribution is -2.48. The van der Waals surface area contributed by atoms with Gasteiger partial charge in [0, 0.05) is 12.1 Å². The summed E-state index contributed by atoms with van der Waals surface area (Å²) >= 11 is 0. The van der Waals surface area contributed by atoms with E-state index in [9.17, 15) is 9.59 Å². The van der Waals surface area contributed by atoms with Crippen molar-refractivity contribution in [3.05, 3.63) is 0 Å². The maximum Gasteiger partial charge on any atom is 0.305 e. The van der Waals surface area contributed by atoms with Crippen molar-refractivity contribution in [3.63, 3.8) is 0 Å². The Morgan fingerprint density at radius 2 is 2.12 bits per heavy atom. The van der Waals surface area contributed by atoms with Crippen molar-refractivity contribution >= 4 is 11.9 Å². The van der Waals surface area contributed by atoms with Crippen LogP contribution >= 0.6 is 0 Å². The average Bonchev–Trinajstić information content (AvgIpc) is 2.47. The molecule has 0 aromatic rings. The van der Waals surface area contributed by atoms with Gasteiger partial charge in [-0.15, -0.1) is 0 Å². The second kappa shape index (κ2) is 4.82. The van der Waals surface area contributed by atoms with Crippen LogP contribution in [0.1, 0.15) is 33.6 Å². The normalized spacial score (nSPS) is 25.4. The first-order valence-electron chi connectivity index (χ1n) is 5.47. The van der Waals surface area contributed by atoms with E-state index in [4.69, 9.17) is 9.84 Å². The third kappa shape index (κ3) is 3.48. The zero-order valence-electron chi connectivity index (χ0n) is 9.95. The van der Waals surface area contributed by atoms with Gasteiger partial charge in [-0.3, -0.25) is 9.59 Å². The van der Waals surface area contributed by atoms with Crippen LogP contribution in [-0.4, -0.2) is 35.2 Å². The van der Waals surface area contributed by atoms with Gasteiger partial charge in [-0.25, -0.2) is 0 Å². The molecule has 5 nitrogen and oxygen atoms in total. The number of hydrogen-bond acceptors (Lipinski definition) is 3. The van der Waals surface area contributed by atoms with Gasteiger partial charge in [-0.1, -0.05) is 0 Å². The minimum Gasteiger partial charge on any atom is -0.481 e. The molecule has 0 saturated carbocycles. The molecule has 1 rings (SSSR count). The highest BCUT2D eigenvalue weighted by molar-refractivity contribution is 5.81. The van der Waals surface area contributed by atoms with Gasteiger partial charge < -0.3 is 15.2 Å². The summed E-state index contributed by atoms with van der Waals surface area (Å²) in [5.74, 6) is -1.19. The zero-order valence-corrected chi connectivity index (χ0v) is 9.95. The van der Waals surface area contributed by atoms with E-state index >= 15 is 0 Å². The van der Waals surface area contributed by atoms with E-state index in [-0.39, 0.29) is 24.3 Å². The maximum absolute atomic E-state index is 11.9. The first-order valence-corrected chi connectivity index (χ1v) is 5.47. The summed E-state index contributed by atoms with van der Waals surface area (Å²) < 4.78 is 5.30. The Morgan fingerprint density at radius 3 is 2.56 bits per heavy atom. The lowest BCUT2D eigenvalue weighted by atomic mass is 9.96. The predicted octanol–water partition coefficient (Wildman–Crippen LogP) is 0.781. The van der Waals surface area contributed by atoms with Crippen LogP contribution in [0.3, 0.4) is 0 Å². The molecule has 0 radical (unpaired) electrons. The van der Waals surface area contributed by atoms with Crippen molar-refractivity contribution in [2.24, 2.45) is 5.92 Å². The number of ether oxygens (including phenoxy) is 1. The highest BCUT2D eigenvalue weighted by Crippen LogP contribution is 2.21. The van der Waals surface area contributed by atoms with Crippen molar-refractivity contribution in [2.45, 2.75) is 45.3 Å². The molecule has 0 aromatic carbocycles. The summed E-state index contributed by atoms with van der Waals surface area (Å²) in [5, 5.41) is 11.5. The summed E-state index contributed by atoms with van der Waals surface area (Å²) in [6, 6.07) is 0. The average molecular weight is 229 g/mol. The van der Waals surface area contributed by atoms with E-state index in [1.807, 2.05) is 6.92 Å². The highest BCUT2D eigenvalue weighted by atomic mass is 16.5. The lowest BCUT2D eigenvalue weighted by molar-refractivity contribution is -0.139. The molecule has 2 atom stereocenters. The van der Waals surface area contributed by atoms with Crippen LogP contribution in [0.4, 0.5) is 0 Å². The van der Waals surface area contributed by atoms with E-state index in [0.717, 1.165) is 0 Å². The number of carbonyl (C=O) groups excluding carboxylic acids is 1. The van der Waals surface area contributed by atoms with Gasteiger partial charge >= 0.3 is 5.97 Å². The molecule has 0 spiro atoms. The summed E-state index contributed by atoms with van der Waals surface area (Å²) in [6.07, 6.45) is 0.539. The fraction of sp³-hybridized carbons (Fsp3) is 0.818. The highest BCUT2D eigenvalue weighted by Gasteiger charge is 2.34. The maximum atomic E-state index is 11.9. The van der Waals surface area contributed by atoms with E-state index in [0.29, 0.717) is 13.0 Å². The quantitative estimate of drug-likeness (QED) is 0.747. The minimum absolute atomic E-state index is 0.0826. The Hall–Kier alpha value is -1.10. The predicted molar refractivity (Wildman–Crippen MR) is 58.0 cm³/mol. The molecule has 1 aliphatic rings. The molecule has 1 saturated heterocycles. The molecule has 92 valence electrons. The molecule has 2 N–H and O–H groups in total. The Labute approximate surface area is 95.2 Å². The monoisotopic (exact) mass is 229 g/mol. The Bertz CT molecular complexity index is 288. The van der Waals surface area contributed by atoms with Crippen LogP contribution < -0.4 is 5.32 Å². The summed E-state index contributed by atoms with van der Waals surface area (Å²) in [5.41, 5.74) is -0.717. The molecule has 16 heavy (non-hydrogen) atoms. The van der Waals surface area contributed by atoms with Gasteiger partial charge in [-0.05, 0) is 27.2 Å². The van der Waals surface area contributed by atoms with Gasteiger partial charge in [0.05, 0.1) is 18.4 Å². The SMILES string of the molecule is CC1OCCC1C(=O)NC(C)(C)CC(=O)O. The number of nitrogens with one attached hydrogen (secondary N) is 1. The standard InChI is InChI=1S/C11H19NO4/c1-7-8(4-5-16-7)10(15)12-11(2,3)6-9(13)14/h7-8H,4-6H2,1-3H3,(H,12,15)(H,13,14). The lowest BCUT2D eigenvalue weighted by Gasteiger charge is -2.26. The van der Waals surface area contributed by atoms with Gasteiger partial charge in [0.15, 0.2) is 0 Å². The smallest absolute Gasteiger partial charge is 0.305 e. The first kappa shape index (κ1) is 13.0. The number of hydrogen-bond donors (Lipinski definition) is 2. The van der Waals surface area contributed by atoms with Gasteiger partial charge in [0.2, 0.25) is 5.91 Å². The van der Waals surface area contributed by atoms with Crippen LogP contribution in [0.15, 0.2) is 0 Å². The van der Waals surface area contributed by atoms with Gasteiger partial charge in [-0.2, -0.15) is 0 Å². The van der Waals surface area contributed by atoms with Crippen molar-refractivity contribution < 1.29 is 19.4 Å². The van der Waals surface area contributed by atoms with E-state index in [1.54, 1.807) is 13.8 Å². The number of carboxylic acid groups (broad SMARTS) is 1. The van der Waals surface area contributed by atoms with Crippen molar-refractivity contribution in [1.29, 1.82) is 0 Å². The zero-order chi connectivity index (χ0) is 12.3. The molecule has 5 heteroatoms. The number of carbonyl (C=O) groups is 2. The van der Waals surface area contributed by atoms with Gasteiger partial charge in [0.1, 0.15) is 0 Å². The molecule has 0 bridgehead atoms. The Balaban J connectivity index is 2.52. The molecule has 0 aliphatic carbocycles. The van der Waals surface area contributed by atoms with Crippen LogP contribution in [0, 0.1) is 5.92 Å². The molecule has 1 fully saturated rings.